The van der Waals surface area contributed by atoms with Gasteiger partial charge in [0.2, 0.25) is 5.95 Å². The first-order valence-electron chi connectivity index (χ1n) is 10.8. The zero-order chi connectivity index (χ0) is 24.7. The van der Waals surface area contributed by atoms with Crippen LogP contribution in [0.1, 0.15) is 18.5 Å². The fraction of sp³-hybridized carbons (Fsp3) is 0.154. The Morgan fingerprint density at radius 2 is 1.80 bits per heavy atom. The summed E-state index contributed by atoms with van der Waals surface area (Å²) in [7, 11) is 3.04. The van der Waals surface area contributed by atoms with Gasteiger partial charge in [0.05, 0.1) is 47.6 Å². The van der Waals surface area contributed by atoms with Crippen molar-refractivity contribution in [3.63, 3.8) is 0 Å². The van der Waals surface area contributed by atoms with E-state index < -0.39 is 6.04 Å². The third kappa shape index (κ3) is 4.13. The number of carbonyl (C=O) groups is 1. The van der Waals surface area contributed by atoms with Gasteiger partial charge in [0.15, 0.2) is 0 Å². The normalized spacial score (nSPS) is 14.9. The van der Waals surface area contributed by atoms with Crippen LogP contribution in [-0.2, 0) is 4.79 Å². The number of hydrogen-bond acceptors (Lipinski definition) is 5. The van der Waals surface area contributed by atoms with E-state index in [1.54, 1.807) is 12.1 Å². The zero-order valence-electron chi connectivity index (χ0n) is 19.2. The molecule has 35 heavy (non-hydrogen) atoms. The van der Waals surface area contributed by atoms with Crippen LogP contribution >= 0.6 is 27.5 Å². The first-order chi connectivity index (χ1) is 16.9. The van der Waals surface area contributed by atoms with Gasteiger partial charge in [-0.05, 0) is 36.8 Å². The van der Waals surface area contributed by atoms with Crippen molar-refractivity contribution in [2.24, 2.45) is 0 Å². The lowest BCUT2D eigenvalue weighted by Crippen LogP contribution is -2.31. The third-order valence-electron chi connectivity index (χ3n) is 5.98. The standard InChI is InChI=1S/C26H22BrClN4O3/c1-14-23(25(33)30-19-13-21(34-2)17(28)12-22(19)35-3)24(15-8-10-16(27)11-9-15)32-20-7-5-4-6-18(20)31-26(32)29-14/h4-13,24H,1-3H3,(H,29,31)(H,30,33). The molecule has 0 fully saturated rings. The Hall–Kier alpha value is -3.49. The number of allylic oxidation sites excluding steroid dienone is 1. The molecule has 2 N–H and O–H groups in total. The topological polar surface area (TPSA) is 77.4 Å². The van der Waals surface area contributed by atoms with Crippen molar-refractivity contribution in [1.82, 2.24) is 9.55 Å². The predicted molar refractivity (Wildman–Crippen MR) is 142 cm³/mol. The molecular weight excluding hydrogens is 532 g/mol. The van der Waals surface area contributed by atoms with Crippen LogP contribution in [0.2, 0.25) is 5.02 Å². The van der Waals surface area contributed by atoms with Crippen LogP contribution in [0.3, 0.4) is 0 Å². The smallest absolute Gasteiger partial charge is 0.255 e. The van der Waals surface area contributed by atoms with Gasteiger partial charge >= 0.3 is 0 Å². The van der Waals surface area contributed by atoms with Crippen LogP contribution in [0.4, 0.5) is 11.6 Å². The molecule has 0 aliphatic carbocycles. The Morgan fingerprint density at radius 1 is 1.09 bits per heavy atom. The van der Waals surface area contributed by atoms with Gasteiger partial charge in [-0.1, -0.05) is 51.8 Å². The number of methoxy groups -OCH3 is 2. The number of halogens is 2. The molecule has 1 aromatic heterocycles. The molecule has 1 aliphatic heterocycles. The molecule has 7 nitrogen and oxygen atoms in total. The molecule has 0 saturated carbocycles. The number of anilines is 2. The summed E-state index contributed by atoms with van der Waals surface area (Å²) in [6, 6.07) is 18.7. The van der Waals surface area contributed by atoms with Crippen molar-refractivity contribution in [3.05, 3.63) is 87.0 Å². The molecule has 1 aliphatic rings. The minimum atomic E-state index is -0.410. The van der Waals surface area contributed by atoms with Crippen molar-refractivity contribution in [3.8, 4) is 11.5 Å². The number of nitrogens with one attached hydrogen (secondary N) is 2. The number of para-hydroxylation sites is 2. The number of rotatable bonds is 5. The lowest BCUT2D eigenvalue weighted by Gasteiger charge is -2.31. The first-order valence-corrected chi connectivity index (χ1v) is 12.0. The maximum Gasteiger partial charge on any atom is 0.255 e. The van der Waals surface area contributed by atoms with Gasteiger partial charge < -0.3 is 20.1 Å². The number of imidazole rings is 1. The second-order valence-corrected chi connectivity index (χ2v) is 9.38. The molecule has 1 unspecified atom stereocenters. The number of fused-ring (bicyclic) bond motifs is 3. The molecule has 4 aromatic rings. The largest absolute Gasteiger partial charge is 0.495 e. The van der Waals surface area contributed by atoms with E-state index in [1.165, 1.54) is 14.2 Å². The molecule has 0 radical (unpaired) electrons. The summed E-state index contributed by atoms with van der Waals surface area (Å²) in [6.07, 6.45) is 0. The van der Waals surface area contributed by atoms with Gasteiger partial charge in [-0.2, -0.15) is 0 Å². The van der Waals surface area contributed by atoms with Gasteiger partial charge in [-0.15, -0.1) is 0 Å². The van der Waals surface area contributed by atoms with Crippen LogP contribution in [0.25, 0.3) is 11.0 Å². The monoisotopic (exact) mass is 552 g/mol. The number of amides is 1. The first kappa shape index (κ1) is 23.3. The van der Waals surface area contributed by atoms with Crippen LogP contribution in [-0.4, -0.2) is 29.7 Å². The van der Waals surface area contributed by atoms with E-state index in [4.69, 9.17) is 26.1 Å². The molecule has 3 aromatic carbocycles. The number of aromatic nitrogens is 2. The second kappa shape index (κ2) is 9.28. The Balaban J connectivity index is 1.64. The van der Waals surface area contributed by atoms with Crippen molar-refractivity contribution in [2.45, 2.75) is 13.0 Å². The van der Waals surface area contributed by atoms with Crippen molar-refractivity contribution in [1.29, 1.82) is 0 Å². The molecule has 178 valence electrons. The Bertz CT molecular complexity index is 1480. The molecule has 0 saturated heterocycles. The maximum absolute atomic E-state index is 13.9. The van der Waals surface area contributed by atoms with E-state index >= 15 is 0 Å². The summed E-state index contributed by atoms with van der Waals surface area (Å²) in [5.41, 5.74) is 4.43. The Labute approximate surface area is 215 Å². The number of ether oxygens (including phenoxy) is 2. The van der Waals surface area contributed by atoms with Crippen LogP contribution in [0.15, 0.2) is 76.4 Å². The van der Waals surface area contributed by atoms with Gasteiger partial charge in [-0.3, -0.25) is 9.36 Å². The summed E-state index contributed by atoms with van der Waals surface area (Å²) >= 11 is 9.76. The van der Waals surface area contributed by atoms with Gasteiger partial charge in [0.25, 0.3) is 5.91 Å². The SMILES string of the molecule is COc1cc(NC(=O)C2=C(C)Nc3nc4ccccc4n3C2c2ccc(Br)cc2)c(OC)cc1Cl. The zero-order valence-corrected chi connectivity index (χ0v) is 21.6. The minimum absolute atomic E-state index is 0.283. The Morgan fingerprint density at radius 3 is 2.51 bits per heavy atom. The average Bonchev–Trinajstić information content (AvgIpc) is 3.22. The van der Waals surface area contributed by atoms with E-state index in [2.05, 4.69) is 31.1 Å². The molecule has 9 heteroatoms. The highest BCUT2D eigenvalue weighted by Gasteiger charge is 2.34. The third-order valence-corrected chi connectivity index (χ3v) is 6.81. The molecule has 0 bridgehead atoms. The lowest BCUT2D eigenvalue weighted by atomic mass is 9.94. The van der Waals surface area contributed by atoms with Crippen molar-refractivity contribution in [2.75, 3.05) is 24.9 Å². The Kier molecular flexibility index (Phi) is 6.17. The highest BCUT2D eigenvalue weighted by atomic mass is 79.9. The van der Waals surface area contributed by atoms with Crippen molar-refractivity contribution < 1.29 is 14.3 Å². The average molecular weight is 554 g/mol. The fourth-order valence-corrected chi connectivity index (χ4v) is 4.86. The van der Waals surface area contributed by atoms with E-state index in [0.29, 0.717) is 39.4 Å². The number of nitrogens with zero attached hydrogens (tertiary/aromatic N) is 2. The molecule has 0 spiro atoms. The molecule has 5 rings (SSSR count). The van der Waals surface area contributed by atoms with E-state index in [1.807, 2.05) is 55.5 Å². The summed E-state index contributed by atoms with van der Waals surface area (Å²) in [5, 5.41) is 6.71. The van der Waals surface area contributed by atoms with Crippen LogP contribution in [0.5, 0.6) is 11.5 Å². The summed E-state index contributed by atoms with van der Waals surface area (Å²) < 4.78 is 13.8. The number of benzene rings is 3. The maximum atomic E-state index is 13.9. The molecule has 1 amide bonds. The van der Waals surface area contributed by atoms with Gasteiger partial charge in [-0.25, -0.2) is 4.98 Å². The summed E-state index contributed by atoms with van der Waals surface area (Å²) in [6.45, 7) is 1.88. The fourth-order valence-electron chi connectivity index (χ4n) is 4.37. The quantitative estimate of drug-likeness (QED) is 0.299. The highest BCUT2D eigenvalue weighted by molar-refractivity contribution is 9.10. The minimum Gasteiger partial charge on any atom is -0.495 e. The summed E-state index contributed by atoms with van der Waals surface area (Å²) in [5.74, 6) is 1.26. The highest BCUT2D eigenvalue weighted by Crippen LogP contribution is 2.41. The van der Waals surface area contributed by atoms with Gasteiger partial charge in [0.1, 0.15) is 11.5 Å². The molecule has 2 heterocycles. The summed E-state index contributed by atoms with van der Waals surface area (Å²) in [4.78, 5) is 18.6. The van der Waals surface area contributed by atoms with E-state index in [0.717, 1.165) is 21.1 Å². The van der Waals surface area contributed by atoms with Crippen molar-refractivity contribution >= 4 is 56.1 Å². The van der Waals surface area contributed by atoms with E-state index in [-0.39, 0.29) is 5.91 Å². The molecule has 1 atom stereocenters. The van der Waals surface area contributed by atoms with Crippen LogP contribution < -0.4 is 20.1 Å². The van der Waals surface area contributed by atoms with Crippen LogP contribution in [0, 0.1) is 0 Å². The second-order valence-electron chi connectivity index (χ2n) is 8.05. The lowest BCUT2D eigenvalue weighted by molar-refractivity contribution is -0.113. The molecular formula is C26H22BrClN4O3. The predicted octanol–water partition coefficient (Wildman–Crippen LogP) is 6.40. The number of hydrogen-bond donors (Lipinski definition) is 2. The van der Waals surface area contributed by atoms with Gasteiger partial charge in [0, 0.05) is 22.3 Å². The number of carbonyl (C=O) groups excluding carboxylic acids is 1. The van der Waals surface area contributed by atoms with E-state index in [9.17, 15) is 4.79 Å².